The molecular formula is C2H6CaO8S2. The number of aliphatic hydroxyl groups excluding tert-OH is 2. The van der Waals surface area contributed by atoms with Crippen molar-refractivity contribution < 1.29 is 36.2 Å². The van der Waals surface area contributed by atoms with Crippen molar-refractivity contribution in [3.63, 3.8) is 0 Å². The topological polar surface area (TPSA) is 155 Å². The van der Waals surface area contributed by atoms with Gasteiger partial charge in [-0.25, -0.2) is 16.8 Å². The summed E-state index contributed by atoms with van der Waals surface area (Å²) in [7, 11) is -8.71. The van der Waals surface area contributed by atoms with Crippen LogP contribution in [0.25, 0.3) is 0 Å². The summed E-state index contributed by atoms with van der Waals surface area (Å²) in [6.45, 7) is 0. The standard InChI is InChI=1S/2CH4O4S.Ca/c2*2-1-6(3,4)5;/h2*2H,1H2,(H,3,4,5);/q;;+2/p-2. The largest absolute Gasteiger partial charge is 2.00 e. The Morgan fingerprint density at radius 1 is 0.846 bits per heavy atom. The average molecular weight is 262 g/mol. The first-order valence-electron chi connectivity index (χ1n) is 2.21. The van der Waals surface area contributed by atoms with E-state index < -0.39 is 32.1 Å². The van der Waals surface area contributed by atoms with Crippen LogP contribution in [0.15, 0.2) is 0 Å². The van der Waals surface area contributed by atoms with Gasteiger partial charge < -0.3 is 19.3 Å². The molecule has 8 nitrogen and oxygen atoms in total. The van der Waals surface area contributed by atoms with E-state index in [1.165, 1.54) is 0 Å². The van der Waals surface area contributed by atoms with Crippen molar-refractivity contribution in [2.45, 2.75) is 0 Å². The zero-order chi connectivity index (χ0) is 10.4. The van der Waals surface area contributed by atoms with Gasteiger partial charge in [-0.2, -0.15) is 0 Å². The van der Waals surface area contributed by atoms with Gasteiger partial charge in [0.15, 0.2) is 0 Å². The number of hydrogen-bond donors (Lipinski definition) is 2. The number of hydrogen-bond acceptors (Lipinski definition) is 8. The molecule has 13 heavy (non-hydrogen) atoms. The van der Waals surface area contributed by atoms with Gasteiger partial charge in [-0.3, -0.25) is 0 Å². The van der Waals surface area contributed by atoms with Crippen LogP contribution in [0.5, 0.6) is 0 Å². The molecule has 0 spiro atoms. The molecule has 0 atom stereocenters. The predicted octanol–water partition coefficient (Wildman–Crippen LogP) is -3.42. The molecule has 0 aliphatic carbocycles. The van der Waals surface area contributed by atoms with Crippen molar-refractivity contribution in [2.24, 2.45) is 0 Å². The minimum atomic E-state index is -4.36. The van der Waals surface area contributed by atoms with E-state index in [0.29, 0.717) is 0 Å². The minimum Gasteiger partial charge on any atom is -0.746 e. The molecule has 0 fully saturated rings. The van der Waals surface area contributed by atoms with E-state index in [1.54, 1.807) is 0 Å². The van der Waals surface area contributed by atoms with Crippen molar-refractivity contribution in [1.82, 2.24) is 0 Å². The van der Waals surface area contributed by atoms with Crippen molar-refractivity contribution in [1.29, 1.82) is 0 Å². The quantitative estimate of drug-likeness (QED) is 0.385. The van der Waals surface area contributed by atoms with E-state index in [-0.39, 0.29) is 37.7 Å². The molecule has 0 aliphatic heterocycles. The van der Waals surface area contributed by atoms with Crippen molar-refractivity contribution in [3.8, 4) is 0 Å². The van der Waals surface area contributed by atoms with Crippen LogP contribution in [0.4, 0.5) is 0 Å². The molecule has 0 rings (SSSR count). The molecule has 0 aliphatic rings. The second-order valence-corrected chi connectivity index (χ2v) is 4.12. The minimum absolute atomic E-state index is 0. The molecule has 0 unspecified atom stereocenters. The van der Waals surface area contributed by atoms with Gasteiger partial charge in [-0.1, -0.05) is 0 Å². The van der Waals surface area contributed by atoms with Crippen LogP contribution in [0.1, 0.15) is 0 Å². The molecular weight excluding hydrogens is 256 g/mol. The molecule has 0 aromatic carbocycles. The fourth-order valence-electron chi connectivity index (χ4n) is 0. The fraction of sp³-hybridized carbons (Fsp3) is 1.00. The summed E-state index contributed by atoms with van der Waals surface area (Å²) < 4.78 is 55.2. The molecule has 0 heterocycles. The third-order valence-corrected chi connectivity index (χ3v) is 0.949. The Morgan fingerprint density at radius 2 is 0.923 bits per heavy atom. The Morgan fingerprint density at radius 3 is 0.923 bits per heavy atom. The second kappa shape index (κ2) is 8.32. The van der Waals surface area contributed by atoms with Crippen LogP contribution in [0.2, 0.25) is 0 Å². The summed E-state index contributed by atoms with van der Waals surface area (Å²) in [5.74, 6) is -2.62. The molecule has 0 saturated carbocycles. The Labute approximate surface area is 105 Å². The Kier molecular flexibility index (Phi) is 12.5. The first-order chi connectivity index (χ1) is 5.12. The first kappa shape index (κ1) is 19.6. The summed E-state index contributed by atoms with van der Waals surface area (Å²) >= 11 is 0. The van der Waals surface area contributed by atoms with E-state index in [9.17, 15) is 25.9 Å². The predicted molar refractivity (Wildman–Crippen MR) is 39.3 cm³/mol. The van der Waals surface area contributed by atoms with E-state index in [0.717, 1.165) is 0 Å². The molecule has 0 amide bonds. The zero-order valence-corrected chi connectivity index (χ0v) is 10.1. The van der Waals surface area contributed by atoms with Crippen LogP contribution in [-0.2, 0) is 20.2 Å². The van der Waals surface area contributed by atoms with Gasteiger partial charge in [0.2, 0.25) is 0 Å². The van der Waals surface area contributed by atoms with Crippen LogP contribution in [0, 0.1) is 0 Å². The van der Waals surface area contributed by atoms with E-state index in [4.69, 9.17) is 10.2 Å². The third-order valence-electron chi connectivity index (χ3n) is 0.316. The summed E-state index contributed by atoms with van der Waals surface area (Å²) in [6.07, 6.45) is 0. The molecule has 11 heteroatoms. The normalized spacial score (nSPS) is 10.8. The van der Waals surface area contributed by atoms with E-state index in [2.05, 4.69) is 0 Å². The van der Waals surface area contributed by atoms with Gasteiger partial charge in [0.05, 0.1) is 0 Å². The zero-order valence-electron chi connectivity index (χ0n) is 6.28. The molecule has 0 aromatic rings. The summed E-state index contributed by atoms with van der Waals surface area (Å²) in [6, 6.07) is 0. The average Bonchev–Trinajstić information content (AvgIpc) is 1.86. The van der Waals surface area contributed by atoms with Crippen molar-refractivity contribution in [2.75, 3.05) is 11.9 Å². The van der Waals surface area contributed by atoms with Crippen molar-refractivity contribution in [3.05, 3.63) is 0 Å². The van der Waals surface area contributed by atoms with Gasteiger partial charge in [-0.05, 0) is 0 Å². The van der Waals surface area contributed by atoms with Crippen LogP contribution >= 0.6 is 0 Å². The van der Waals surface area contributed by atoms with Gasteiger partial charge >= 0.3 is 37.7 Å². The van der Waals surface area contributed by atoms with Gasteiger partial charge in [0.25, 0.3) is 0 Å². The molecule has 0 bridgehead atoms. The smallest absolute Gasteiger partial charge is 0.746 e. The first-order valence-corrected chi connectivity index (χ1v) is 5.36. The molecule has 76 valence electrons. The molecule has 2 N–H and O–H groups in total. The molecule has 0 aromatic heterocycles. The maximum atomic E-state index is 9.19. The summed E-state index contributed by atoms with van der Waals surface area (Å²) in [5, 5.41) is 15.0. The molecule has 0 radical (unpaired) electrons. The number of rotatable bonds is 2. The Bertz CT molecular complexity index is 256. The maximum absolute atomic E-state index is 9.19. The van der Waals surface area contributed by atoms with Crippen LogP contribution in [-0.4, -0.2) is 85.8 Å². The number of aliphatic hydroxyl groups is 2. The van der Waals surface area contributed by atoms with Crippen LogP contribution in [0.3, 0.4) is 0 Å². The fourth-order valence-corrected chi connectivity index (χ4v) is 0. The monoisotopic (exact) mass is 262 g/mol. The van der Waals surface area contributed by atoms with Gasteiger partial charge in [-0.15, -0.1) is 0 Å². The SMILES string of the molecule is O=S(=O)([O-])CO.O=S(=O)([O-])CO.[Ca+2]. The summed E-state index contributed by atoms with van der Waals surface area (Å²) in [5.41, 5.74) is 0. The maximum Gasteiger partial charge on any atom is 2.00 e. The van der Waals surface area contributed by atoms with Gasteiger partial charge in [0, 0.05) is 0 Å². The van der Waals surface area contributed by atoms with E-state index >= 15 is 0 Å². The molecule has 0 saturated heterocycles. The Balaban J connectivity index is -0.000000143. The Hall–Kier alpha value is 1.000. The third kappa shape index (κ3) is 32.1. The second-order valence-electron chi connectivity index (χ2n) is 1.37. The van der Waals surface area contributed by atoms with E-state index in [1.807, 2.05) is 0 Å². The summed E-state index contributed by atoms with van der Waals surface area (Å²) in [4.78, 5) is 0. The van der Waals surface area contributed by atoms with Crippen LogP contribution < -0.4 is 0 Å². The van der Waals surface area contributed by atoms with Crippen molar-refractivity contribution >= 4 is 58.0 Å². The van der Waals surface area contributed by atoms with Gasteiger partial charge in [0.1, 0.15) is 32.1 Å².